The lowest BCUT2D eigenvalue weighted by atomic mass is 10.2. The van der Waals surface area contributed by atoms with E-state index in [4.69, 9.17) is 0 Å². The fourth-order valence-corrected chi connectivity index (χ4v) is 2.65. The minimum atomic E-state index is 0.0960. The maximum Gasteiger partial charge on any atom is 0.272 e. The Morgan fingerprint density at radius 1 is 1.58 bits per heavy atom. The third kappa shape index (κ3) is 3.15. The molecule has 0 radical (unpaired) electrons. The third-order valence-electron chi connectivity index (χ3n) is 3.69. The number of hydrogen-bond acceptors (Lipinski definition) is 3. The van der Waals surface area contributed by atoms with Crippen molar-refractivity contribution in [2.45, 2.75) is 46.2 Å². The molecule has 5 nitrogen and oxygen atoms in total. The molecule has 19 heavy (non-hydrogen) atoms. The molecule has 1 saturated heterocycles. The van der Waals surface area contributed by atoms with Crippen LogP contribution in [-0.4, -0.2) is 46.3 Å². The largest absolute Gasteiger partial charge is 0.336 e. The van der Waals surface area contributed by atoms with E-state index in [0.717, 1.165) is 38.3 Å². The van der Waals surface area contributed by atoms with Crippen molar-refractivity contribution >= 4 is 5.91 Å². The summed E-state index contributed by atoms with van der Waals surface area (Å²) in [5.41, 5.74) is 1.61. The lowest BCUT2D eigenvalue weighted by Crippen LogP contribution is -2.41. The lowest BCUT2D eigenvalue weighted by Gasteiger charge is -2.24. The minimum Gasteiger partial charge on any atom is -0.336 e. The predicted molar refractivity (Wildman–Crippen MR) is 75.2 cm³/mol. The zero-order valence-corrected chi connectivity index (χ0v) is 12.1. The zero-order valence-electron chi connectivity index (χ0n) is 12.1. The summed E-state index contributed by atoms with van der Waals surface area (Å²) in [5.74, 6) is 0.0960. The van der Waals surface area contributed by atoms with Gasteiger partial charge in [0, 0.05) is 25.7 Å². The predicted octanol–water partition coefficient (Wildman–Crippen LogP) is 1.43. The molecule has 1 fully saturated rings. The van der Waals surface area contributed by atoms with Crippen LogP contribution in [0.15, 0.2) is 6.07 Å². The second-order valence-corrected chi connectivity index (χ2v) is 5.12. The normalized spacial score (nSPS) is 18.8. The summed E-state index contributed by atoms with van der Waals surface area (Å²) >= 11 is 0. The summed E-state index contributed by atoms with van der Waals surface area (Å²) in [7, 11) is 0. The molecule has 1 aromatic heterocycles. The number of nitrogens with zero attached hydrogens (tertiary/aromatic N) is 3. The topological polar surface area (TPSA) is 50.2 Å². The van der Waals surface area contributed by atoms with Crippen LogP contribution in [0, 0.1) is 6.92 Å². The first-order valence-electron chi connectivity index (χ1n) is 7.22. The third-order valence-corrected chi connectivity index (χ3v) is 3.69. The number of carbonyl (C=O) groups is 1. The Bertz CT molecular complexity index is 435. The molecule has 5 heteroatoms. The van der Waals surface area contributed by atoms with Gasteiger partial charge in [0.1, 0.15) is 5.69 Å². The monoisotopic (exact) mass is 264 g/mol. The first kappa shape index (κ1) is 14.1. The fourth-order valence-electron chi connectivity index (χ4n) is 2.65. The van der Waals surface area contributed by atoms with Gasteiger partial charge in [0.05, 0.1) is 5.69 Å². The summed E-state index contributed by atoms with van der Waals surface area (Å²) < 4.78 is 1.79. The SMILES string of the molecule is CCN(CC1CCCN1)C(=O)c1cc(C)nn1CC. The van der Waals surface area contributed by atoms with Crippen LogP contribution in [0.25, 0.3) is 0 Å². The Balaban J connectivity index is 2.10. The maximum atomic E-state index is 12.6. The number of aromatic nitrogens is 2. The van der Waals surface area contributed by atoms with Gasteiger partial charge in [-0.1, -0.05) is 0 Å². The molecule has 0 spiro atoms. The van der Waals surface area contributed by atoms with Gasteiger partial charge in [-0.3, -0.25) is 9.48 Å². The highest BCUT2D eigenvalue weighted by Crippen LogP contribution is 2.12. The smallest absolute Gasteiger partial charge is 0.272 e. The second kappa shape index (κ2) is 6.19. The molecular weight excluding hydrogens is 240 g/mol. The van der Waals surface area contributed by atoms with Crippen molar-refractivity contribution in [1.29, 1.82) is 0 Å². The molecular formula is C14H24N4O. The van der Waals surface area contributed by atoms with Gasteiger partial charge in [0.2, 0.25) is 0 Å². The van der Waals surface area contributed by atoms with E-state index in [1.807, 2.05) is 31.7 Å². The number of rotatable bonds is 5. The van der Waals surface area contributed by atoms with Crippen molar-refractivity contribution in [3.63, 3.8) is 0 Å². The Labute approximate surface area is 115 Å². The van der Waals surface area contributed by atoms with E-state index in [1.165, 1.54) is 6.42 Å². The van der Waals surface area contributed by atoms with E-state index >= 15 is 0 Å². The van der Waals surface area contributed by atoms with E-state index in [-0.39, 0.29) is 5.91 Å². The molecule has 1 amide bonds. The summed E-state index contributed by atoms with van der Waals surface area (Å²) in [6.45, 7) is 9.31. The summed E-state index contributed by atoms with van der Waals surface area (Å²) in [6.07, 6.45) is 2.37. The molecule has 1 unspecified atom stereocenters. The molecule has 1 N–H and O–H groups in total. The maximum absolute atomic E-state index is 12.6. The van der Waals surface area contributed by atoms with Crippen LogP contribution in [0.5, 0.6) is 0 Å². The average Bonchev–Trinajstić information content (AvgIpc) is 3.04. The standard InChI is InChI=1S/C14H24N4O/c1-4-17(10-12-7-6-8-15-12)14(19)13-9-11(3)16-18(13)5-2/h9,12,15H,4-8,10H2,1-3H3. The van der Waals surface area contributed by atoms with Gasteiger partial charge in [-0.25, -0.2) is 0 Å². The summed E-state index contributed by atoms with van der Waals surface area (Å²) in [6, 6.07) is 2.33. The van der Waals surface area contributed by atoms with Crippen LogP contribution < -0.4 is 5.32 Å². The molecule has 1 aliphatic rings. The van der Waals surface area contributed by atoms with Crippen molar-refractivity contribution in [2.24, 2.45) is 0 Å². The molecule has 0 aromatic carbocycles. The molecule has 2 rings (SSSR count). The van der Waals surface area contributed by atoms with Gasteiger partial charge in [-0.2, -0.15) is 5.10 Å². The number of carbonyl (C=O) groups excluding carboxylic acids is 1. The van der Waals surface area contributed by atoms with E-state index in [0.29, 0.717) is 11.7 Å². The minimum absolute atomic E-state index is 0.0960. The summed E-state index contributed by atoms with van der Waals surface area (Å²) in [5, 5.41) is 7.80. The Kier molecular flexibility index (Phi) is 4.58. The first-order valence-corrected chi connectivity index (χ1v) is 7.22. The molecule has 0 bridgehead atoms. The number of aryl methyl sites for hydroxylation is 2. The van der Waals surface area contributed by atoms with Crippen molar-refractivity contribution in [3.8, 4) is 0 Å². The van der Waals surface area contributed by atoms with Crippen LogP contribution in [0.1, 0.15) is 42.9 Å². The molecule has 1 atom stereocenters. The molecule has 1 aromatic rings. The molecule has 2 heterocycles. The van der Waals surface area contributed by atoms with Crippen molar-refractivity contribution in [2.75, 3.05) is 19.6 Å². The van der Waals surface area contributed by atoms with Gasteiger partial charge in [-0.05, 0) is 46.2 Å². The summed E-state index contributed by atoms with van der Waals surface area (Å²) in [4.78, 5) is 14.5. The zero-order chi connectivity index (χ0) is 13.8. The van der Waals surface area contributed by atoms with Crippen molar-refractivity contribution < 1.29 is 4.79 Å². The van der Waals surface area contributed by atoms with E-state index < -0.39 is 0 Å². The average molecular weight is 264 g/mol. The number of nitrogens with one attached hydrogen (secondary N) is 1. The Morgan fingerprint density at radius 3 is 2.95 bits per heavy atom. The number of likely N-dealkylation sites (N-methyl/N-ethyl adjacent to an activating group) is 1. The van der Waals surface area contributed by atoms with E-state index in [9.17, 15) is 4.79 Å². The Morgan fingerprint density at radius 2 is 2.37 bits per heavy atom. The molecule has 0 saturated carbocycles. The van der Waals surface area contributed by atoms with E-state index in [1.54, 1.807) is 4.68 Å². The number of hydrogen-bond donors (Lipinski definition) is 1. The second-order valence-electron chi connectivity index (χ2n) is 5.12. The molecule has 1 aliphatic heterocycles. The highest BCUT2D eigenvalue weighted by molar-refractivity contribution is 5.92. The van der Waals surface area contributed by atoms with Crippen LogP contribution in [0.3, 0.4) is 0 Å². The molecule has 0 aliphatic carbocycles. The quantitative estimate of drug-likeness (QED) is 0.875. The lowest BCUT2D eigenvalue weighted by molar-refractivity contribution is 0.0739. The van der Waals surface area contributed by atoms with Crippen molar-refractivity contribution in [1.82, 2.24) is 20.0 Å². The van der Waals surface area contributed by atoms with Gasteiger partial charge < -0.3 is 10.2 Å². The molecule has 106 valence electrons. The van der Waals surface area contributed by atoms with Gasteiger partial charge >= 0.3 is 0 Å². The van der Waals surface area contributed by atoms with Crippen LogP contribution in [0.2, 0.25) is 0 Å². The van der Waals surface area contributed by atoms with E-state index in [2.05, 4.69) is 10.4 Å². The van der Waals surface area contributed by atoms with Crippen LogP contribution in [0.4, 0.5) is 0 Å². The van der Waals surface area contributed by atoms with Crippen molar-refractivity contribution in [3.05, 3.63) is 17.5 Å². The highest BCUT2D eigenvalue weighted by atomic mass is 16.2. The fraction of sp³-hybridized carbons (Fsp3) is 0.714. The van der Waals surface area contributed by atoms with Crippen LogP contribution in [-0.2, 0) is 6.54 Å². The van der Waals surface area contributed by atoms with Crippen LogP contribution >= 0.6 is 0 Å². The first-order chi connectivity index (χ1) is 9.15. The van der Waals surface area contributed by atoms with Gasteiger partial charge in [0.15, 0.2) is 0 Å². The highest BCUT2D eigenvalue weighted by Gasteiger charge is 2.23. The van der Waals surface area contributed by atoms with Gasteiger partial charge in [0.25, 0.3) is 5.91 Å². The van der Waals surface area contributed by atoms with Gasteiger partial charge in [-0.15, -0.1) is 0 Å². The Hall–Kier alpha value is -1.36. The number of amides is 1.